The third-order valence-electron chi connectivity index (χ3n) is 6.31. The van der Waals surface area contributed by atoms with Crippen molar-refractivity contribution in [2.75, 3.05) is 56.9 Å². The lowest BCUT2D eigenvalue weighted by Gasteiger charge is -2.13. The van der Waals surface area contributed by atoms with Crippen molar-refractivity contribution < 1.29 is 47.5 Å². The Morgan fingerprint density at radius 3 is 0.952 bits per heavy atom. The molecule has 0 radical (unpaired) electrons. The molecule has 0 saturated heterocycles. The van der Waals surface area contributed by atoms with Crippen LogP contribution in [-0.2, 0) is 0 Å². The molecular formula is C32H34O10. The summed E-state index contributed by atoms with van der Waals surface area (Å²) in [6, 6.07) is 9.72. The van der Waals surface area contributed by atoms with E-state index in [4.69, 9.17) is 37.9 Å². The molecule has 42 heavy (non-hydrogen) atoms. The van der Waals surface area contributed by atoms with E-state index < -0.39 is 0 Å². The molecule has 0 bridgehead atoms. The van der Waals surface area contributed by atoms with E-state index in [0.29, 0.717) is 68.2 Å². The van der Waals surface area contributed by atoms with Gasteiger partial charge in [0.1, 0.15) is 11.5 Å². The van der Waals surface area contributed by atoms with E-state index in [1.165, 1.54) is 69.0 Å². The predicted octanol–water partition coefficient (Wildman–Crippen LogP) is 5.55. The van der Waals surface area contributed by atoms with Crippen LogP contribution in [0, 0.1) is 0 Å². The molecule has 0 spiro atoms. The lowest BCUT2D eigenvalue weighted by atomic mass is 10.0. The highest BCUT2D eigenvalue weighted by molar-refractivity contribution is 6.08. The van der Waals surface area contributed by atoms with Gasteiger partial charge >= 0.3 is 0 Å². The normalized spacial score (nSPS) is 10.9. The van der Waals surface area contributed by atoms with Crippen LogP contribution >= 0.6 is 0 Å². The summed E-state index contributed by atoms with van der Waals surface area (Å²) in [4.78, 5) is 26.1. The van der Waals surface area contributed by atoms with Crippen LogP contribution in [0.4, 0.5) is 0 Å². The number of carbonyl (C=O) groups excluding carboxylic acids is 2. The smallest absolute Gasteiger partial charge is 0.203 e. The van der Waals surface area contributed by atoms with Crippen molar-refractivity contribution in [1.29, 1.82) is 0 Å². The molecule has 0 N–H and O–H groups in total. The Hall–Kier alpha value is -5.12. The number of ether oxygens (including phenoxy) is 8. The van der Waals surface area contributed by atoms with Crippen LogP contribution < -0.4 is 37.9 Å². The summed E-state index contributed by atoms with van der Waals surface area (Å²) >= 11 is 0. The van der Waals surface area contributed by atoms with Gasteiger partial charge in [-0.25, -0.2) is 0 Å². The van der Waals surface area contributed by atoms with Gasteiger partial charge in [-0.2, -0.15) is 0 Å². The zero-order chi connectivity index (χ0) is 30.8. The zero-order valence-electron chi connectivity index (χ0n) is 24.9. The van der Waals surface area contributed by atoms with Gasteiger partial charge in [-0.05, 0) is 60.7 Å². The molecule has 0 aliphatic heterocycles. The van der Waals surface area contributed by atoms with Gasteiger partial charge in [-0.1, -0.05) is 0 Å². The summed E-state index contributed by atoms with van der Waals surface area (Å²) in [7, 11) is 11.9. The lowest BCUT2D eigenvalue weighted by molar-refractivity contribution is 0.103. The van der Waals surface area contributed by atoms with Crippen LogP contribution in [0.25, 0.3) is 12.2 Å². The first-order valence-corrected chi connectivity index (χ1v) is 12.6. The molecule has 3 aromatic carbocycles. The summed E-state index contributed by atoms with van der Waals surface area (Å²) in [5, 5.41) is 0. The predicted molar refractivity (Wildman–Crippen MR) is 158 cm³/mol. The number of ketones is 2. The summed E-state index contributed by atoms with van der Waals surface area (Å²) < 4.78 is 43.2. The monoisotopic (exact) mass is 578 g/mol. The SMILES string of the molecule is COc1cc(/C=C/C(=O)c2cc(OC)c(OC)c(OC)c2)c(OC)cc1/C=C/C(=O)c1cc(OC)c(OC)c(OC)c1. The van der Waals surface area contributed by atoms with Crippen LogP contribution in [-0.4, -0.2) is 68.4 Å². The number of carbonyl (C=O) groups is 2. The van der Waals surface area contributed by atoms with Crippen molar-refractivity contribution in [2.24, 2.45) is 0 Å². The summed E-state index contributed by atoms with van der Waals surface area (Å²) in [5.74, 6) is 2.57. The minimum absolute atomic E-state index is 0.296. The molecule has 0 unspecified atom stereocenters. The van der Waals surface area contributed by atoms with Crippen LogP contribution in [0.2, 0.25) is 0 Å². The largest absolute Gasteiger partial charge is 0.496 e. The van der Waals surface area contributed by atoms with Crippen molar-refractivity contribution in [2.45, 2.75) is 0 Å². The minimum atomic E-state index is -0.296. The third kappa shape index (κ3) is 6.77. The third-order valence-corrected chi connectivity index (χ3v) is 6.31. The average molecular weight is 579 g/mol. The average Bonchev–Trinajstić information content (AvgIpc) is 3.03. The van der Waals surface area contributed by atoms with E-state index in [9.17, 15) is 9.59 Å². The second-order valence-corrected chi connectivity index (χ2v) is 8.56. The highest BCUT2D eigenvalue weighted by Crippen LogP contribution is 2.40. The molecule has 10 heteroatoms. The maximum absolute atomic E-state index is 13.0. The molecule has 0 atom stereocenters. The van der Waals surface area contributed by atoms with E-state index >= 15 is 0 Å². The topological polar surface area (TPSA) is 108 Å². The van der Waals surface area contributed by atoms with Gasteiger partial charge in [0.25, 0.3) is 0 Å². The van der Waals surface area contributed by atoms with Gasteiger partial charge in [-0.3, -0.25) is 9.59 Å². The summed E-state index contributed by atoms with van der Waals surface area (Å²) in [5.41, 5.74) is 1.86. The Kier molecular flexibility index (Phi) is 10.8. The van der Waals surface area contributed by atoms with E-state index in [2.05, 4.69) is 0 Å². The van der Waals surface area contributed by atoms with Crippen molar-refractivity contribution in [3.05, 3.63) is 70.8 Å². The van der Waals surface area contributed by atoms with E-state index in [1.54, 1.807) is 48.6 Å². The zero-order valence-corrected chi connectivity index (χ0v) is 24.9. The van der Waals surface area contributed by atoms with Crippen molar-refractivity contribution >= 4 is 23.7 Å². The second-order valence-electron chi connectivity index (χ2n) is 8.56. The first-order chi connectivity index (χ1) is 20.3. The molecule has 10 nitrogen and oxygen atoms in total. The molecule has 0 aliphatic carbocycles. The number of hydrogen-bond donors (Lipinski definition) is 0. The van der Waals surface area contributed by atoms with Crippen molar-refractivity contribution in [1.82, 2.24) is 0 Å². The Bertz CT molecular complexity index is 1340. The standard InChI is InChI=1S/C32H34O10/c1-35-25-13-20(10-12-24(34)22-17-29(39-5)32(42-8)30(18-22)40-6)26(36-2)14-19(25)9-11-23(33)21-15-27(37-3)31(41-7)28(16-21)38-4/h9-18H,1-8H3/b11-9+,12-10+. The molecule has 3 aromatic rings. The van der Waals surface area contributed by atoms with Gasteiger partial charge in [0.05, 0.1) is 56.9 Å². The van der Waals surface area contributed by atoms with E-state index in [-0.39, 0.29) is 11.6 Å². The Morgan fingerprint density at radius 1 is 0.429 bits per heavy atom. The molecule has 0 aromatic heterocycles. The van der Waals surface area contributed by atoms with Gasteiger partial charge in [0, 0.05) is 22.3 Å². The molecule has 0 amide bonds. The molecule has 3 rings (SSSR count). The fourth-order valence-electron chi connectivity index (χ4n) is 4.18. The Balaban J connectivity index is 1.92. The number of hydrogen-bond acceptors (Lipinski definition) is 10. The maximum atomic E-state index is 13.0. The maximum Gasteiger partial charge on any atom is 0.203 e. The molecule has 0 saturated carbocycles. The summed E-state index contributed by atoms with van der Waals surface area (Å²) in [6.45, 7) is 0. The van der Waals surface area contributed by atoms with Crippen LogP contribution in [0.1, 0.15) is 31.8 Å². The number of methoxy groups -OCH3 is 8. The van der Waals surface area contributed by atoms with Gasteiger partial charge in [-0.15, -0.1) is 0 Å². The Morgan fingerprint density at radius 2 is 0.714 bits per heavy atom. The highest BCUT2D eigenvalue weighted by atomic mass is 16.5. The van der Waals surface area contributed by atoms with E-state index in [1.807, 2.05) is 0 Å². The number of allylic oxidation sites excluding steroid dienone is 2. The van der Waals surface area contributed by atoms with Gasteiger partial charge < -0.3 is 37.9 Å². The van der Waals surface area contributed by atoms with Crippen molar-refractivity contribution in [3.63, 3.8) is 0 Å². The molecule has 0 aliphatic rings. The van der Waals surface area contributed by atoms with Crippen LogP contribution in [0.5, 0.6) is 46.0 Å². The lowest BCUT2D eigenvalue weighted by Crippen LogP contribution is -2.01. The Labute approximate surface area is 245 Å². The fourth-order valence-corrected chi connectivity index (χ4v) is 4.18. The van der Waals surface area contributed by atoms with Gasteiger partial charge in [0.15, 0.2) is 34.6 Å². The van der Waals surface area contributed by atoms with Crippen LogP contribution in [0.15, 0.2) is 48.6 Å². The van der Waals surface area contributed by atoms with Crippen LogP contribution in [0.3, 0.4) is 0 Å². The second kappa shape index (κ2) is 14.5. The number of benzene rings is 3. The molecule has 222 valence electrons. The quantitative estimate of drug-likeness (QED) is 0.179. The molecule has 0 fully saturated rings. The number of rotatable bonds is 14. The molecular weight excluding hydrogens is 544 g/mol. The minimum Gasteiger partial charge on any atom is -0.496 e. The highest BCUT2D eigenvalue weighted by Gasteiger charge is 2.18. The van der Waals surface area contributed by atoms with E-state index in [0.717, 1.165) is 0 Å². The van der Waals surface area contributed by atoms with Crippen molar-refractivity contribution in [3.8, 4) is 46.0 Å². The first kappa shape index (κ1) is 31.4. The van der Waals surface area contributed by atoms with Gasteiger partial charge in [0.2, 0.25) is 11.5 Å². The first-order valence-electron chi connectivity index (χ1n) is 12.6. The fraction of sp³-hybridized carbons (Fsp3) is 0.250. The summed E-state index contributed by atoms with van der Waals surface area (Å²) in [6.07, 6.45) is 6.03. The molecule has 0 heterocycles.